The minimum atomic E-state index is -0.197. The number of nitriles is 2. The van der Waals surface area contributed by atoms with Crippen LogP contribution in [0.1, 0.15) is 61.1 Å². The van der Waals surface area contributed by atoms with Crippen molar-refractivity contribution in [3.8, 4) is 40.1 Å². The zero-order valence-corrected chi connectivity index (χ0v) is 21.3. The van der Waals surface area contributed by atoms with Crippen LogP contribution >= 0.6 is 0 Å². The Kier molecular flexibility index (Phi) is 4.10. The molecular formula is C34H25N3. The minimum absolute atomic E-state index is 0.191. The standard InChI is InChI=1S/C34H25N3/c1-33(2)27-11-7-8-12-29(27)37-19-25(22-14-20(17-35)13-21(15-22)18-36)30-31-24(16-28(33)32(30)37)23-9-5-6-10-26(23)34(31,3)4/h5-16,19H,1-4H3. The van der Waals surface area contributed by atoms with Crippen LogP contribution in [-0.4, -0.2) is 4.57 Å². The fourth-order valence-corrected chi connectivity index (χ4v) is 6.86. The lowest BCUT2D eigenvalue weighted by molar-refractivity contribution is 0.627. The number of nitrogens with zero attached hydrogens (tertiary/aromatic N) is 3. The zero-order chi connectivity index (χ0) is 25.7. The minimum Gasteiger partial charge on any atom is -0.315 e. The summed E-state index contributed by atoms with van der Waals surface area (Å²) < 4.78 is 2.34. The number of hydrogen-bond acceptors (Lipinski definition) is 2. The van der Waals surface area contributed by atoms with E-state index in [0.717, 1.165) is 11.1 Å². The van der Waals surface area contributed by atoms with Gasteiger partial charge in [-0.2, -0.15) is 10.5 Å². The third-order valence-corrected chi connectivity index (χ3v) is 8.60. The Morgan fingerprint density at radius 1 is 0.649 bits per heavy atom. The van der Waals surface area contributed by atoms with Crippen molar-refractivity contribution in [3.05, 3.63) is 112 Å². The Labute approximate surface area is 216 Å². The Morgan fingerprint density at radius 2 is 1.30 bits per heavy atom. The topological polar surface area (TPSA) is 52.5 Å². The van der Waals surface area contributed by atoms with E-state index in [-0.39, 0.29) is 10.8 Å². The van der Waals surface area contributed by atoms with Crippen molar-refractivity contribution < 1.29 is 0 Å². The van der Waals surface area contributed by atoms with E-state index in [0.29, 0.717) is 11.1 Å². The van der Waals surface area contributed by atoms with Crippen LogP contribution in [-0.2, 0) is 10.8 Å². The summed E-state index contributed by atoms with van der Waals surface area (Å²) >= 11 is 0. The number of para-hydroxylation sites is 1. The highest BCUT2D eigenvalue weighted by atomic mass is 15.0. The highest BCUT2D eigenvalue weighted by molar-refractivity contribution is 6.08. The van der Waals surface area contributed by atoms with Crippen LogP contribution in [0.3, 0.4) is 0 Å². The molecule has 0 radical (unpaired) electrons. The van der Waals surface area contributed by atoms with Gasteiger partial charge in [0.25, 0.3) is 0 Å². The zero-order valence-electron chi connectivity index (χ0n) is 21.3. The first kappa shape index (κ1) is 21.7. The molecule has 1 aliphatic carbocycles. The largest absolute Gasteiger partial charge is 0.315 e. The van der Waals surface area contributed by atoms with E-state index in [2.05, 4.69) is 105 Å². The molecule has 0 amide bonds. The Bertz CT molecular complexity index is 1870. The monoisotopic (exact) mass is 475 g/mol. The van der Waals surface area contributed by atoms with Crippen molar-refractivity contribution in [3.63, 3.8) is 0 Å². The van der Waals surface area contributed by atoms with Crippen LogP contribution in [0.5, 0.6) is 0 Å². The average molecular weight is 476 g/mol. The molecule has 4 aromatic carbocycles. The van der Waals surface area contributed by atoms with Gasteiger partial charge in [-0.3, -0.25) is 0 Å². The molecule has 3 heteroatoms. The first-order chi connectivity index (χ1) is 17.8. The first-order valence-corrected chi connectivity index (χ1v) is 12.7. The van der Waals surface area contributed by atoms with Crippen LogP contribution in [0, 0.1) is 22.7 Å². The molecule has 3 nitrogen and oxygen atoms in total. The van der Waals surface area contributed by atoms with Crippen molar-refractivity contribution in [2.75, 3.05) is 0 Å². The second kappa shape index (κ2) is 7.00. The normalized spacial score (nSPS) is 15.4. The SMILES string of the molecule is CC1(C)c2ccccc2-c2cc3c4c(c(-c5cc(C#N)cc(C#N)c5)cn4-c4ccccc4C3(C)C)c21. The highest BCUT2D eigenvalue weighted by Gasteiger charge is 2.43. The molecule has 0 unspecified atom stereocenters. The van der Waals surface area contributed by atoms with E-state index >= 15 is 0 Å². The van der Waals surface area contributed by atoms with Crippen LogP contribution in [0.25, 0.3) is 38.8 Å². The van der Waals surface area contributed by atoms with Crippen LogP contribution < -0.4 is 0 Å². The Hall–Kier alpha value is -4.60. The lowest BCUT2D eigenvalue weighted by Gasteiger charge is -2.35. The smallest absolute Gasteiger partial charge is 0.0992 e. The average Bonchev–Trinajstić information content (AvgIpc) is 3.41. The van der Waals surface area contributed by atoms with Crippen molar-refractivity contribution in [2.24, 2.45) is 0 Å². The summed E-state index contributed by atoms with van der Waals surface area (Å²) in [6, 6.07) is 29.8. The van der Waals surface area contributed by atoms with E-state index < -0.39 is 0 Å². The second-order valence-corrected chi connectivity index (χ2v) is 11.3. The fraction of sp³-hybridized carbons (Fsp3) is 0.176. The second-order valence-electron chi connectivity index (χ2n) is 11.3. The molecule has 1 aromatic heterocycles. The van der Waals surface area contributed by atoms with Gasteiger partial charge < -0.3 is 4.57 Å². The van der Waals surface area contributed by atoms with Crippen molar-refractivity contribution in [1.82, 2.24) is 4.57 Å². The van der Waals surface area contributed by atoms with Crippen molar-refractivity contribution >= 4 is 10.9 Å². The molecule has 0 saturated heterocycles. The van der Waals surface area contributed by atoms with E-state index in [1.54, 1.807) is 6.07 Å². The molecule has 0 atom stereocenters. The van der Waals surface area contributed by atoms with Gasteiger partial charge in [-0.25, -0.2) is 0 Å². The predicted octanol–water partition coefficient (Wildman–Crippen LogP) is 7.99. The number of hydrogen-bond donors (Lipinski definition) is 0. The Morgan fingerprint density at radius 3 is 2.00 bits per heavy atom. The van der Waals surface area contributed by atoms with Gasteiger partial charge in [0.1, 0.15) is 0 Å². The molecule has 37 heavy (non-hydrogen) atoms. The van der Waals surface area contributed by atoms with E-state index in [1.807, 2.05) is 12.1 Å². The van der Waals surface area contributed by atoms with Gasteiger partial charge in [0.15, 0.2) is 0 Å². The molecule has 0 fully saturated rings. The first-order valence-electron chi connectivity index (χ1n) is 12.7. The van der Waals surface area contributed by atoms with Gasteiger partial charge in [-0.1, -0.05) is 70.2 Å². The maximum absolute atomic E-state index is 9.74. The van der Waals surface area contributed by atoms with Gasteiger partial charge in [0.2, 0.25) is 0 Å². The highest BCUT2D eigenvalue weighted by Crippen LogP contribution is 2.57. The number of fused-ring (bicyclic) bond motifs is 6. The Balaban J connectivity index is 1.72. The van der Waals surface area contributed by atoms with Gasteiger partial charge in [-0.15, -0.1) is 0 Å². The molecular weight excluding hydrogens is 450 g/mol. The molecule has 176 valence electrons. The third-order valence-electron chi connectivity index (χ3n) is 8.60. The maximum Gasteiger partial charge on any atom is 0.0992 e. The van der Waals surface area contributed by atoms with Crippen molar-refractivity contribution in [2.45, 2.75) is 38.5 Å². The van der Waals surface area contributed by atoms with Crippen LogP contribution in [0.15, 0.2) is 79.0 Å². The fourth-order valence-electron chi connectivity index (χ4n) is 6.86. The lowest BCUT2D eigenvalue weighted by atomic mass is 9.72. The van der Waals surface area contributed by atoms with Crippen LogP contribution in [0.2, 0.25) is 0 Å². The molecule has 0 spiro atoms. The summed E-state index contributed by atoms with van der Waals surface area (Å²) in [5, 5.41) is 20.7. The molecule has 1 aliphatic heterocycles. The molecule has 0 N–H and O–H groups in total. The maximum atomic E-state index is 9.74. The number of rotatable bonds is 1. The van der Waals surface area contributed by atoms with E-state index in [4.69, 9.17) is 0 Å². The molecule has 2 aliphatic rings. The number of benzene rings is 4. The summed E-state index contributed by atoms with van der Waals surface area (Å²) in [6.07, 6.45) is 2.22. The lowest BCUT2D eigenvalue weighted by Crippen LogP contribution is -2.26. The van der Waals surface area contributed by atoms with E-state index in [1.165, 1.54) is 50.0 Å². The van der Waals surface area contributed by atoms with Crippen LogP contribution in [0.4, 0.5) is 0 Å². The molecule has 7 rings (SSSR count). The summed E-state index contributed by atoms with van der Waals surface area (Å²) in [5.41, 5.74) is 12.8. The van der Waals surface area contributed by atoms with Gasteiger partial charge in [0.05, 0.1) is 28.8 Å². The molecule has 0 saturated carbocycles. The van der Waals surface area contributed by atoms with Gasteiger partial charge in [0, 0.05) is 33.7 Å². The third kappa shape index (κ3) is 2.64. The number of aromatic nitrogens is 1. The van der Waals surface area contributed by atoms with E-state index in [9.17, 15) is 10.5 Å². The molecule has 0 bridgehead atoms. The quantitative estimate of drug-likeness (QED) is 0.247. The summed E-state index contributed by atoms with van der Waals surface area (Å²) in [6.45, 7) is 9.27. The molecule has 5 aromatic rings. The molecule has 2 heterocycles. The summed E-state index contributed by atoms with van der Waals surface area (Å²) in [5.74, 6) is 0. The van der Waals surface area contributed by atoms with Crippen molar-refractivity contribution in [1.29, 1.82) is 10.5 Å². The predicted molar refractivity (Wildman–Crippen MR) is 148 cm³/mol. The van der Waals surface area contributed by atoms with Gasteiger partial charge >= 0.3 is 0 Å². The van der Waals surface area contributed by atoms with Gasteiger partial charge in [-0.05, 0) is 69.3 Å². The summed E-state index contributed by atoms with van der Waals surface area (Å²) in [4.78, 5) is 0. The summed E-state index contributed by atoms with van der Waals surface area (Å²) in [7, 11) is 0.